The Morgan fingerprint density at radius 1 is 0.610 bits per heavy atom. The van der Waals surface area contributed by atoms with Gasteiger partial charge in [0.15, 0.2) is 0 Å². The summed E-state index contributed by atoms with van der Waals surface area (Å²) in [5.74, 6) is 2.20. The van der Waals surface area contributed by atoms with Crippen molar-refractivity contribution in [2.45, 2.75) is 54.7 Å². The van der Waals surface area contributed by atoms with E-state index in [9.17, 15) is 16.8 Å². The van der Waals surface area contributed by atoms with Crippen LogP contribution in [0.1, 0.15) is 53.4 Å². The first-order valence-electron chi connectivity index (χ1n) is 14.6. The Labute approximate surface area is 243 Å². The molecule has 8 atom stereocenters. The molecule has 0 heterocycles. The van der Waals surface area contributed by atoms with E-state index in [-0.39, 0.29) is 46.7 Å². The smallest absolute Gasteiger partial charge is 0.266 e. The number of benzene rings is 3. The van der Waals surface area contributed by atoms with Crippen LogP contribution in [0, 0.1) is 49.4 Å². The fraction of sp³-hybridized carbons (Fsp3) is 0.455. The predicted octanol–water partition coefficient (Wildman–Crippen LogP) is 6.20. The van der Waals surface area contributed by atoms with E-state index in [0.29, 0.717) is 23.7 Å². The Morgan fingerprint density at radius 2 is 1.00 bits per heavy atom. The molecular formula is C33H36O6S2. The van der Waals surface area contributed by atoms with Crippen LogP contribution in [0.5, 0.6) is 0 Å². The summed E-state index contributed by atoms with van der Waals surface area (Å²) in [6, 6.07) is 22.2. The molecule has 3 aromatic rings. The largest absolute Gasteiger partial charge is 0.296 e. The minimum absolute atomic E-state index is 0.0399. The minimum atomic E-state index is -3.95. The highest BCUT2D eigenvalue weighted by Crippen LogP contribution is 2.71. The molecule has 4 bridgehead atoms. The van der Waals surface area contributed by atoms with Gasteiger partial charge in [0, 0.05) is 0 Å². The third-order valence-electron chi connectivity index (χ3n) is 10.6. The molecule has 4 saturated carbocycles. The van der Waals surface area contributed by atoms with Crippen LogP contribution in [0.25, 0.3) is 0 Å². The highest BCUT2D eigenvalue weighted by molar-refractivity contribution is 7.87. The summed E-state index contributed by atoms with van der Waals surface area (Å²) in [7, 11) is -7.89. The van der Waals surface area contributed by atoms with E-state index >= 15 is 0 Å². The van der Waals surface area contributed by atoms with Gasteiger partial charge in [0.25, 0.3) is 20.2 Å². The van der Waals surface area contributed by atoms with Gasteiger partial charge in [0.05, 0.1) is 23.0 Å². The molecule has 0 amide bonds. The molecule has 0 radical (unpaired) electrons. The normalized spacial score (nSPS) is 31.7. The zero-order chi connectivity index (χ0) is 28.5. The molecule has 0 spiro atoms. The number of fused-ring (bicyclic) bond motifs is 7. The first kappa shape index (κ1) is 27.3. The molecule has 41 heavy (non-hydrogen) atoms. The second kappa shape index (κ2) is 10.0. The van der Waals surface area contributed by atoms with E-state index in [0.717, 1.165) is 30.4 Å². The lowest BCUT2D eigenvalue weighted by atomic mass is 9.47. The van der Waals surface area contributed by atoms with E-state index in [1.54, 1.807) is 48.5 Å². The first-order valence-corrected chi connectivity index (χ1v) is 17.5. The lowest BCUT2D eigenvalue weighted by Gasteiger charge is -2.58. The summed E-state index contributed by atoms with van der Waals surface area (Å²) in [6.45, 7) is 3.90. The quantitative estimate of drug-likeness (QED) is 0.290. The Balaban J connectivity index is 1.19. The van der Waals surface area contributed by atoms with Gasteiger partial charge in [-0.2, -0.15) is 16.8 Å². The number of hydrogen-bond acceptors (Lipinski definition) is 6. The van der Waals surface area contributed by atoms with Crippen molar-refractivity contribution in [3.8, 4) is 0 Å². The van der Waals surface area contributed by atoms with Gasteiger partial charge < -0.3 is 0 Å². The summed E-state index contributed by atoms with van der Waals surface area (Å²) in [5, 5.41) is 0. The fourth-order valence-corrected chi connectivity index (χ4v) is 10.8. The molecule has 3 aromatic carbocycles. The van der Waals surface area contributed by atoms with Crippen LogP contribution in [0.15, 0.2) is 82.6 Å². The third kappa shape index (κ3) is 4.58. The summed E-state index contributed by atoms with van der Waals surface area (Å²) < 4.78 is 64.3. The molecular weight excluding hydrogens is 556 g/mol. The fourth-order valence-electron chi connectivity index (χ4n) is 8.93. The zero-order valence-corrected chi connectivity index (χ0v) is 25.0. The van der Waals surface area contributed by atoms with Crippen molar-refractivity contribution in [1.82, 2.24) is 0 Å². The minimum Gasteiger partial charge on any atom is -0.266 e. The standard InChI is InChI=1S/C33H36O6S2/c1-20-7-11-22(12-8-20)40(34,35)38-18-30-26-15-16-27(31(30)19-39-41(36,37)23-13-9-21(2)10-14-23)33-29-17-28(32(26)33)24-5-3-4-6-25(24)29/h3-14,26-33H,15-19H2,1-2H3/t26-,27+,28+,29-,30-,31-,32+,33-/m1/s1. The topological polar surface area (TPSA) is 86.7 Å². The molecule has 0 unspecified atom stereocenters. The average Bonchev–Trinajstić information content (AvgIpc) is 3.55. The molecule has 8 heteroatoms. The zero-order valence-electron chi connectivity index (χ0n) is 23.3. The third-order valence-corrected chi connectivity index (χ3v) is 13.2. The van der Waals surface area contributed by atoms with Crippen LogP contribution in [-0.2, 0) is 28.6 Å². The van der Waals surface area contributed by atoms with Crippen molar-refractivity contribution < 1.29 is 25.2 Å². The van der Waals surface area contributed by atoms with E-state index in [1.807, 2.05) is 13.8 Å². The van der Waals surface area contributed by atoms with Gasteiger partial charge in [-0.25, -0.2) is 0 Å². The second-order valence-electron chi connectivity index (χ2n) is 12.6. The van der Waals surface area contributed by atoms with Gasteiger partial charge in [-0.15, -0.1) is 0 Å². The highest BCUT2D eigenvalue weighted by Gasteiger charge is 2.64. The van der Waals surface area contributed by atoms with Crippen molar-refractivity contribution in [3.05, 3.63) is 95.1 Å². The number of hydrogen-bond donors (Lipinski definition) is 0. The van der Waals surface area contributed by atoms with Crippen LogP contribution in [0.3, 0.4) is 0 Å². The van der Waals surface area contributed by atoms with Crippen molar-refractivity contribution in [2.75, 3.05) is 13.2 Å². The first-order chi connectivity index (χ1) is 19.6. The van der Waals surface area contributed by atoms with Gasteiger partial charge in [-0.3, -0.25) is 8.37 Å². The summed E-state index contributed by atoms with van der Waals surface area (Å²) in [5.41, 5.74) is 4.85. The molecule has 0 saturated heterocycles. The Bertz CT molecular complexity index is 1540. The van der Waals surface area contributed by atoms with Crippen molar-refractivity contribution >= 4 is 20.2 Å². The van der Waals surface area contributed by atoms with Crippen LogP contribution in [0.2, 0.25) is 0 Å². The molecule has 0 N–H and O–H groups in total. The molecule has 5 aliphatic carbocycles. The Morgan fingerprint density at radius 3 is 1.39 bits per heavy atom. The van der Waals surface area contributed by atoms with Gasteiger partial charge in [0.2, 0.25) is 0 Å². The van der Waals surface area contributed by atoms with Crippen LogP contribution >= 0.6 is 0 Å². The van der Waals surface area contributed by atoms with E-state index in [1.165, 1.54) is 11.1 Å². The lowest BCUT2D eigenvalue weighted by molar-refractivity contribution is -0.0996. The molecule has 216 valence electrons. The Hall–Kier alpha value is -2.52. The molecule has 0 aromatic heterocycles. The van der Waals surface area contributed by atoms with Crippen LogP contribution < -0.4 is 0 Å². The molecule has 5 aliphatic rings. The van der Waals surface area contributed by atoms with Crippen LogP contribution in [0.4, 0.5) is 0 Å². The van der Waals surface area contributed by atoms with Gasteiger partial charge in [-0.05, 0) is 116 Å². The predicted molar refractivity (Wildman–Crippen MR) is 155 cm³/mol. The van der Waals surface area contributed by atoms with Crippen molar-refractivity contribution in [3.63, 3.8) is 0 Å². The summed E-state index contributed by atoms with van der Waals surface area (Å²) in [4.78, 5) is 0.288. The highest BCUT2D eigenvalue weighted by atomic mass is 32.2. The molecule has 0 aliphatic heterocycles. The molecule has 6 nitrogen and oxygen atoms in total. The molecule has 4 fully saturated rings. The van der Waals surface area contributed by atoms with Gasteiger partial charge in [-0.1, -0.05) is 59.7 Å². The summed E-state index contributed by atoms with van der Waals surface area (Å²) >= 11 is 0. The van der Waals surface area contributed by atoms with E-state index in [2.05, 4.69) is 24.3 Å². The maximum atomic E-state index is 13.2. The monoisotopic (exact) mass is 592 g/mol. The van der Waals surface area contributed by atoms with Crippen molar-refractivity contribution in [2.24, 2.45) is 35.5 Å². The number of rotatable bonds is 8. The van der Waals surface area contributed by atoms with Gasteiger partial charge >= 0.3 is 0 Å². The van der Waals surface area contributed by atoms with Crippen LogP contribution in [-0.4, -0.2) is 30.0 Å². The van der Waals surface area contributed by atoms with E-state index in [4.69, 9.17) is 8.37 Å². The second-order valence-corrected chi connectivity index (χ2v) is 15.8. The Kier molecular flexibility index (Phi) is 6.69. The number of aryl methyl sites for hydroxylation is 2. The SMILES string of the molecule is Cc1ccc(S(=O)(=O)OC[C@H]2[C@H](COS(=O)(=O)c3ccc(C)cc3)[C@@H]3CC[C@H]2[C@@H]2[C@H]3[C@@H]3C[C@H]2c2ccccc23)cc1. The van der Waals surface area contributed by atoms with E-state index < -0.39 is 20.2 Å². The maximum Gasteiger partial charge on any atom is 0.296 e. The lowest BCUT2D eigenvalue weighted by Crippen LogP contribution is -2.54. The van der Waals surface area contributed by atoms with Gasteiger partial charge in [0.1, 0.15) is 0 Å². The summed E-state index contributed by atoms with van der Waals surface area (Å²) in [6.07, 6.45) is 3.15. The molecule has 8 rings (SSSR count). The average molecular weight is 593 g/mol. The maximum absolute atomic E-state index is 13.2. The van der Waals surface area contributed by atoms with Crippen molar-refractivity contribution in [1.29, 1.82) is 0 Å².